The molecule has 3 N–H and O–H groups in total. The average molecular weight is 526 g/mol. The number of aliphatic hydroxyl groups is 1. The van der Waals surface area contributed by atoms with E-state index in [0.717, 1.165) is 44.3 Å². The third-order valence-corrected chi connectivity index (χ3v) is 8.03. The van der Waals surface area contributed by atoms with Crippen LogP contribution in [0.3, 0.4) is 0 Å². The van der Waals surface area contributed by atoms with Crippen molar-refractivity contribution in [3.63, 3.8) is 0 Å². The Labute approximate surface area is 223 Å². The van der Waals surface area contributed by atoms with Gasteiger partial charge >= 0.3 is 0 Å². The van der Waals surface area contributed by atoms with Crippen molar-refractivity contribution in [2.75, 3.05) is 26.7 Å². The van der Waals surface area contributed by atoms with Gasteiger partial charge in [-0.25, -0.2) is 5.48 Å². The van der Waals surface area contributed by atoms with Crippen molar-refractivity contribution < 1.29 is 19.8 Å². The highest BCUT2D eigenvalue weighted by Crippen LogP contribution is 2.41. The van der Waals surface area contributed by atoms with E-state index in [1.54, 1.807) is 13.3 Å². The van der Waals surface area contributed by atoms with Gasteiger partial charge < -0.3 is 14.7 Å². The molecule has 0 unspecified atom stereocenters. The van der Waals surface area contributed by atoms with Crippen LogP contribution in [0.2, 0.25) is 5.02 Å². The lowest BCUT2D eigenvalue weighted by molar-refractivity contribution is -0.143. The number of aryl methyl sites for hydroxylation is 1. The van der Waals surface area contributed by atoms with Gasteiger partial charge in [-0.3, -0.25) is 15.0 Å². The second-order valence-corrected chi connectivity index (χ2v) is 10.4. The molecule has 2 heterocycles. The second kappa shape index (κ2) is 12.7. The number of halogens is 1. The monoisotopic (exact) mass is 525 g/mol. The number of nitrogens with zero attached hydrogens (tertiary/aromatic N) is 2. The van der Waals surface area contributed by atoms with Crippen molar-refractivity contribution in [1.29, 1.82) is 0 Å². The van der Waals surface area contributed by atoms with Crippen molar-refractivity contribution in [3.8, 4) is 5.75 Å². The van der Waals surface area contributed by atoms with Crippen LogP contribution in [0.25, 0.3) is 10.9 Å². The van der Waals surface area contributed by atoms with E-state index in [0.29, 0.717) is 47.5 Å². The number of benzene rings is 2. The van der Waals surface area contributed by atoms with E-state index >= 15 is 0 Å². The number of rotatable bonds is 11. The maximum absolute atomic E-state index is 12.8. The van der Waals surface area contributed by atoms with Crippen molar-refractivity contribution in [1.82, 2.24) is 15.4 Å². The van der Waals surface area contributed by atoms with Gasteiger partial charge in [0.15, 0.2) is 0 Å². The molecular weight excluding hydrogens is 490 g/mol. The molecule has 3 aromatic rings. The van der Waals surface area contributed by atoms with Gasteiger partial charge in [-0.2, -0.15) is 0 Å². The average Bonchev–Trinajstić information content (AvgIpc) is 2.94. The Hall–Kier alpha value is -2.71. The molecule has 37 heavy (non-hydrogen) atoms. The number of amides is 1. The van der Waals surface area contributed by atoms with Crippen molar-refractivity contribution in [2.45, 2.75) is 51.0 Å². The van der Waals surface area contributed by atoms with Crippen LogP contribution in [0.1, 0.15) is 55.8 Å². The smallest absolute Gasteiger partial charge is 0.249 e. The molecule has 0 aliphatic carbocycles. The zero-order valence-corrected chi connectivity index (χ0v) is 22.1. The Morgan fingerprint density at radius 2 is 1.95 bits per heavy atom. The van der Waals surface area contributed by atoms with Crippen LogP contribution in [-0.4, -0.2) is 52.8 Å². The van der Waals surface area contributed by atoms with E-state index in [-0.39, 0.29) is 5.91 Å². The van der Waals surface area contributed by atoms with Gasteiger partial charge in [0.1, 0.15) is 5.75 Å². The molecule has 1 aliphatic heterocycles. The summed E-state index contributed by atoms with van der Waals surface area (Å²) in [6.07, 6.45) is 5.98. The molecule has 1 saturated heterocycles. The van der Waals surface area contributed by atoms with E-state index in [9.17, 15) is 15.1 Å². The first-order valence-corrected chi connectivity index (χ1v) is 13.3. The number of hydrogen-bond acceptors (Lipinski definition) is 6. The highest BCUT2D eigenvalue weighted by molar-refractivity contribution is 6.32. The van der Waals surface area contributed by atoms with E-state index in [1.807, 2.05) is 29.7 Å². The highest BCUT2D eigenvalue weighted by Gasteiger charge is 2.41. The molecule has 1 aromatic heterocycles. The Balaban J connectivity index is 1.36. The minimum Gasteiger partial charge on any atom is -0.497 e. The molecule has 7 nitrogen and oxygen atoms in total. The molecule has 0 spiro atoms. The summed E-state index contributed by atoms with van der Waals surface area (Å²) in [5.74, 6) is 0.271. The summed E-state index contributed by atoms with van der Waals surface area (Å²) in [5, 5.41) is 21.8. The standard InChI is InChI=1S/C29H36ClN3O4/c1-37-22-10-11-25-23(19-22)27(24(30)20-31-25)26(34)12-13-29(28(35)32-36)14-17-33(18-15-29)16-6-5-9-21-7-3-2-4-8-21/h2-4,7-8,10-11,19-20,26,34,36H,5-6,9,12-18H2,1H3,(H,32,35)/t26-/m1/s1. The molecule has 8 heteroatoms. The number of fused-ring (bicyclic) bond motifs is 1. The van der Waals surface area contributed by atoms with Crippen LogP contribution in [-0.2, 0) is 11.2 Å². The minimum absolute atomic E-state index is 0.334. The maximum Gasteiger partial charge on any atom is 0.249 e. The molecule has 1 atom stereocenters. The van der Waals surface area contributed by atoms with E-state index in [1.165, 1.54) is 5.56 Å². The molecule has 4 rings (SSSR count). The number of aliphatic hydroxyl groups excluding tert-OH is 1. The number of methoxy groups -OCH3 is 1. The number of hydroxylamine groups is 1. The maximum atomic E-state index is 12.8. The first kappa shape index (κ1) is 27.3. The van der Waals surface area contributed by atoms with Crippen molar-refractivity contribution in [3.05, 3.63) is 70.9 Å². The number of ether oxygens (including phenoxy) is 1. The molecule has 2 aromatic carbocycles. The van der Waals surface area contributed by atoms with Gasteiger partial charge in [-0.05, 0) is 88.3 Å². The van der Waals surface area contributed by atoms with E-state index in [4.69, 9.17) is 16.3 Å². The predicted molar refractivity (Wildman–Crippen MR) is 145 cm³/mol. The number of aromatic nitrogens is 1. The number of carbonyl (C=O) groups excluding carboxylic acids is 1. The van der Waals surface area contributed by atoms with Gasteiger partial charge in [0, 0.05) is 17.1 Å². The number of hydrogen-bond donors (Lipinski definition) is 3. The summed E-state index contributed by atoms with van der Waals surface area (Å²) in [4.78, 5) is 19.6. The van der Waals surface area contributed by atoms with Crippen molar-refractivity contribution >= 4 is 28.4 Å². The molecular formula is C29H36ClN3O4. The Kier molecular flexibility index (Phi) is 9.38. The zero-order chi connectivity index (χ0) is 26.3. The van der Waals surface area contributed by atoms with Crippen LogP contribution in [0, 0.1) is 5.41 Å². The molecule has 0 saturated carbocycles. The first-order chi connectivity index (χ1) is 18.0. The van der Waals surface area contributed by atoms with Crippen LogP contribution < -0.4 is 10.2 Å². The SMILES string of the molecule is COc1ccc2ncc(Cl)c([C@H](O)CCC3(C(=O)NO)CCN(CCCCc4ccccc4)CC3)c2c1. The third kappa shape index (κ3) is 6.60. The molecule has 198 valence electrons. The van der Waals surface area contributed by atoms with Crippen LogP contribution >= 0.6 is 11.6 Å². The number of unbranched alkanes of at least 4 members (excludes halogenated alkanes) is 1. The van der Waals surface area contributed by atoms with E-state index in [2.05, 4.69) is 34.1 Å². The summed E-state index contributed by atoms with van der Waals surface area (Å²) in [5.41, 5.74) is 3.81. The third-order valence-electron chi connectivity index (χ3n) is 7.73. The van der Waals surface area contributed by atoms with Gasteiger partial charge in [0.25, 0.3) is 0 Å². The summed E-state index contributed by atoms with van der Waals surface area (Å²) < 4.78 is 5.34. The van der Waals surface area contributed by atoms with Gasteiger partial charge in [-0.1, -0.05) is 41.9 Å². The Bertz CT molecular complexity index is 1180. The molecule has 1 amide bonds. The highest BCUT2D eigenvalue weighted by atomic mass is 35.5. The number of likely N-dealkylation sites (tertiary alicyclic amines) is 1. The summed E-state index contributed by atoms with van der Waals surface area (Å²) in [6.45, 7) is 2.56. The zero-order valence-electron chi connectivity index (χ0n) is 21.3. The van der Waals surface area contributed by atoms with Gasteiger partial charge in [0.2, 0.25) is 5.91 Å². The summed E-state index contributed by atoms with van der Waals surface area (Å²) in [7, 11) is 1.59. The Morgan fingerprint density at radius 1 is 1.19 bits per heavy atom. The number of pyridine rings is 1. The van der Waals surface area contributed by atoms with Crippen LogP contribution in [0.4, 0.5) is 0 Å². The molecule has 1 fully saturated rings. The van der Waals surface area contributed by atoms with Crippen LogP contribution in [0.5, 0.6) is 5.75 Å². The summed E-state index contributed by atoms with van der Waals surface area (Å²) in [6, 6.07) is 16.0. The number of carbonyl (C=O) groups is 1. The lowest BCUT2D eigenvalue weighted by Crippen LogP contribution is -2.48. The second-order valence-electron chi connectivity index (χ2n) is 9.96. The Morgan fingerprint density at radius 3 is 2.65 bits per heavy atom. The summed E-state index contributed by atoms with van der Waals surface area (Å²) >= 11 is 6.47. The van der Waals surface area contributed by atoms with Gasteiger partial charge in [0.05, 0.1) is 29.2 Å². The fourth-order valence-corrected chi connectivity index (χ4v) is 5.69. The topological polar surface area (TPSA) is 94.9 Å². The lowest BCUT2D eigenvalue weighted by Gasteiger charge is -2.40. The predicted octanol–water partition coefficient (Wildman–Crippen LogP) is 5.32. The van der Waals surface area contributed by atoms with Gasteiger partial charge in [-0.15, -0.1) is 0 Å². The van der Waals surface area contributed by atoms with Crippen LogP contribution in [0.15, 0.2) is 54.7 Å². The molecule has 0 bridgehead atoms. The first-order valence-electron chi connectivity index (χ1n) is 13.0. The molecule has 1 aliphatic rings. The normalized spacial score (nSPS) is 16.4. The van der Waals surface area contributed by atoms with E-state index < -0.39 is 11.5 Å². The lowest BCUT2D eigenvalue weighted by atomic mass is 9.73. The largest absolute Gasteiger partial charge is 0.497 e. The minimum atomic E-state index is -0.885. The van der Waals surface area contributed by atoms with Crippen molar-refractivity contribution in [2.24, 2.45) is 5.41 Å². The number of piperidine rings is 1. The molecule has 0 radical (unpaired) electrons. The number of nitrogens with one attached hydrogen (secondary N) is 1. The fourth-order valence-electron chi connectivity index (χ4n) is 5.41. The fraction of sp³-hybridized carbons (Fsp3) is 0.448. The quantitative estimate of drug-likeness (QED) is 0.178.